The Morgan fingerprint density at radius 1 is 1.06 bits per heavy atom. The third-order valence-electron chi connectivity index (χ3n) is 9.27. The van der Waals surface area contributed by atoms with Gasteiger partial charge in [0, 0.05) is 0 Å². The summed E-state index contributed by atoms with van der Waals surface area (Å²) in [6, 6.07) is 0. The molecule has 0 aromatic rings. The highest BCUT2D eigenvalue weighted by molar-refractivity contribution is 5.72. The van der Waals surface area contributed by atoms with E-state index in [4.69, 9.17) is 4.74 Å². The number of allylic oxidation sites excluding steroid dienone is 3. The first-order valence-corrected chi connectivity index (χ1v) is 13.3. The van der Waals surface area contributed by atoms with E-state index in [9.17, 15) is 15.0 Å². The van der Waals surface area contributed by atoms with Crippen LogP contribution in [-0.2, 0) is 9.53 Å². The summed E-state index contributed by atoms with van der Waals surface area (Å²) in [5, 5.41) is 20.0. The van der Waals surface area contributed by atoms with Crippen LogP contribution in [0.15, 0.2) is 23.3 Å². The van der Waals surface area contributed by atoms with Crippen molar-refractivity contribution < 1.29 is 19.7 Å². The van der Waals surface area contributed by atoms with E-state index < -0.39 is 12.2 Å². The van der Waals surface area contributed by atoms with Gasteiger partial charge in [-0.1, -0.05) is 56.4 Å². The number of esters is 1. The lowest BCUT2D eigenvalue weighted by atomic mass is 9.61. The van der Waals surface area contributed by atoms with E-state index in [1.807, 2.05) is 0 Å². The fourth-order valence-electron chi connectivity index (χ4n) is 7.48. The number of hydrogen-bond donors (Lipinski definition) is 2. The van der Waals surface area contributed by atoms with Crippen LogP contribution >= 0.6 is 0 Å². The molecule has 0 bridgehead atoms. The van der Waals surface area contributed by atoms with Gasteiger partial charge < -0.3 is 14.9 Å². The molecule has 2 N–H and O–H groups in total. The summed E-state index contributed by atoms with van der Waals surface area (Å²) in [5.41, 5.74) is 2.83. The van der Waals surface area contributed by atoms with Crippen molar-refractivity contribution in [1.82, 2.24) is 0 Å². The summed E-state index contributed by atoms with van der Waals surface area (Å²) in [7, 11) is 0. The van der Waals surface area contributed by atoms with Gasteiger partial charge in [0.1, 0.15) is 0 Å². The zero-order chi connectivity index (χ0) is 22.7. The monoisotopic (exact) mass is 444 g/mol. The van der Waals surface area contributed by atoms with E-state index >= 15 is 0 Å². The molecule has 0 unspecified atom stereocenters. The molecule has 0 aromatic carbocycles. The second-order valence-electron chi connectivity index (χ2n) is 11.5. The highest BCUT2D eigenvalue weighted by atomic mass is 16.5. The molecule has 4 nitrogen and oxygen atoms in total. The Morgan fingerprint density at radius 2 is 1.78 bits per heavy atom. The molecule has 180 valence electrons. The number of aliphatic hydroxyl groups excluding tert-OH is 2. The van der Waals surface area contributed by atoms with E-state index in [0.717, 1.165) is 24.8 Å². The van der Waals surface area contributed by atoms with Crippen molar-refractivity contribution in [2.75, 3.05) is 6.61 Å². The van der Waals surface area contributed by atoms with Crippen LogP contribution in [-0.4, -0.2) is 35.0 Å². The molecule has 0 aromatic heterocycles. The van der Waals surface area contributed by atoms with Gasteiger partial charge in [0.15, 0.2) is 0 Å². The van der Waals surface area contributed by atoms with Crippen LogP contribution in [0.2, 0.25) is 0 Å². The molecule has 32 heavy (non-hydrogen) atoms. The third-order valence-corrected chi connectivity index (χ3v) is 9.27. The van der Waals surface area contributed by atoms with Gasteiger partial charge in [-0.25, -0.2) is 0 Å². The van der Waals surface area contributed by atoms with Gasteiger partial charge >= 0.3 is 5.97 Å². The van der Waals surface area contributed by atoms with Crippen molar-refractivity contribution in [3.05, 3.63) is 23.3 Å². The van der Waals surface area contributed by atoms with Crippen LogP contribution in [0, 0.1) is 29.1 Å². The molecular formula is C28H44O4. The van der Waals surface area contributed by atoms with Crippen molar-refractivity contribution in [3.63, 3.8) is 0 Å². The predicted octanol–water partition coefficient (Wildman–Crippen LogP) is 5.72. The molecule has 4 fully saturated rings. The second kappa shape index (κ2) is 10.4. The van der Waals surface area contributed by atoms with Gasteiger partial charge in [0.05, 0.1) is 24.7 Å². The summed E-state index contributed by atoms with van der Waals surface area (Å²) in [4.78, 5) is 13.0. The van der Waals surface area contributed by atoms with E-state index in [0.29, 0.717) is 43.6 Å². The van der Waals surface area contributed by atoms with Crippen LogP contribution in [0.3, 0.4) is 0 Å². The summed E-state index contributed by atoms with van der Waals surface area (Å²) >= 11 is 0. The minimum Gasteiger partial charge on any atom is -0.465 e. The van der Waals surface area contributed by atoms with E-state index in [1.165, 1.54) is 50.5 Å². The molecule has 0 aliphatic heterocycles. The zero-order valence-corrected chi connectivity index (χ0v) is 20.2. The van der Waals surface area contributed by atoms with Crippen molar-refractivity contribution >= 4 is 5.97 Å². The first kappa shape index (κ1) is 24.0. The molecule has 6 atom stereocenters. The summed E-state index contributed by atoms with van der Waals surface area (Å²) < 4.78 is 5.84. The molecule has 0 spiro atoms. The second-order valence-corrected chi connectivity index (χ2v) is 11.5. The summed E-state index contributed by atoms with van der Waals surface area (Å²) in [5.74, 6) is 1.48. The average molecular weight is 445 g/mol. The smallest absolute Gasteiger partial charge is 0.308 e. The fourth-order valence-corrected chi connectivity index (χ4v) is 7.48. The molecule has 4 aliphatic rings. The number of fused-ring (bicyclic) bond motifs is 1. The molecule has 0 amide bonds. The van der Waals surface area contributed by atoms with E-state index in [1.54, 1.807) is 0 Å². The molecule has 4 rings (SSSR count). The Balaban J connectivity index is 1.39. The highest BCUT2D eigenvalue weighted by Crippen LogP contribution is 2.59. The Labute approximate surface area is 194 Å². The number of ether oxygens (including phenoxy) is 1. The number of hydrogen-bond acceptors (Lipinski definition) is 4. The quantitative estimate of drug-likeness (QED) is 0.532. The van der Waals surface area contributed by atoms with Crippen LogP contribution in [0.4, 0.5) is 0 Å². The van der Waals surface area contributed by atoms with Gasteiger partial charge in [-0.2, -0.15) is 0 Å². The summed E-state index contributed by atoms with van der Waals surface area (Å²) in [6.07, 6.45) is 17.5. The van der Waals surface area contributed by atoms with Gasteiger partial charge in [-0.15, -0.1) is 0 Å². The van der Waals surface area contributed by atoms with E-state index in [2.05, 4.69) is 26.0 Å². The fraction of sp³-hybridized carbons (Fsp3) is 0.821. The molecular weight excluding hydrogens is 400 g/mol. The standard InChI is InChI=1S/C28H44O4/c1-19(27(31)32-18-20-7-4-3-5-8-20)25-12-13-26-22(9-6-14-28(25,26)2)11-10-21-15-23(29)17-24(30)16-21/h10-11,19-20,23-26,29-30H,3-9,12-18H2,1-2H3/b22-11+/t19-,23+,24+,25+,26-,28+/m0/s1. The minimum absolute atomic E-state index is 0.0193. The van der Waals surface area contributed by atoms with Crippen LogP contribution in [0.1, 0.15) is 97.3 Å². The topological polar surface area (TPSA) is 66.8 Å². The predicted molar refractivity (Wildman–Crippen MR) is 127 cm³/mol. The molecule has 0 radical (unpaired) electrons. The van der Waals surface area contributed by atoms with E-state index in [-0.39, 0.29) is 17.3 Å². The summed E-state index contributed by atoms with van der Waals surface area (Å²) in [6.45, 7) is 5.13. The SMILES string of the molecule is C[C@H](C(=O)OCC1CCCCC1)[C@H]1CC[C@H]2/C(=C/C=C3C[C@@H](O)C[C@H](O)C3)CCC[C@]12C. The number of aliphatic hydroxyl groups is 2. The molecule has 4 saturated carbocycles. The lowest BCUT2D eigenvalue weighted by molar-refractivity contribution is -0.153. The average Bonchev–Trinajstić information content (AvgIpc) is 3.13. The van der Waals surface area contributed by atoms with Crippen molar-refractivity contribution in [2.24, 2.45) is 29.1 Å². The first-order valence-electron chi connectivity index (χ1n) is 13.3. The van der Waals surface area contributed by atoms with Crippen LogP contribution < -0.4 is 0 Å². The minimum atomic E-state index is -0.420. The van der Waals surface area contributed by atoms with Gasteiger partial charge in [0.2, 0.25) is 0 Å². The maximum atomic E-state index is 13.0. The lowest BCUT2D eigenvalue weighted by Gasteiger charge is -2.43. The maximum absolute atomic E-state index is 13.0. The first-order chi connectivity index (χ1) is 15.4. The Hall–Kier alpha value is -1.13. The number of carbonyl (C=O) groups is 1. The van der Waals surface area contributed by atoms with Crippen molar-refractivity contribution in [2.45, 2.75) is 110 Å². The Morgan fingerprint density at radius 3 is 2.50 bits per heavy atom. The number of carbonyl (C=O) groups excluding carboxylic acids is 1. The number of rotatable bonds is 5. The van der Waals surface area contributed by atoms with Gasteiger partial charge in [-0.05, 0) is 87.4 Å². The van der Waals surface area contributed by atoms with Gasteiger partial charge in [-0.3, -0.25) is 4.79 Å². The molecule has 4 heteroatoms. The van der Waals surface area contributed by atoms with Crippen molar-refractivity contribution in [1.29, 1.82) is 0 Å². The van der Waals surface area contributed by atoms with Crippen LogP contribution in [0.25, 0.3) is 0 Å². The lowest BCUT2D eigenvalue weighted by Crippen LogP contribution is -2.38. The Bertz CT molecular complexity index is 707. The molecule has 4 aliphatic carbocycles. The zero-order valence-electron chi connectivity index (χ0n) is 20.2. The Kier molecular flexibility index (Phi) is 7.82. The van der Waals surface area contributed by atoms with Gasteiger partial charge in [0.25, 0.3) is 0 Å². The largest absolute Gasteiger partial charge is 0.465 e. The highest BCUT2D eigenvalue weighted by Gasteiger charge is 2.52. The van der Waals surface area contributed by atoms with Crippen molar-refractivity contribution in [3.8, 4) is 0 Å². The molecule has 0 heterocycles. The maximum Gasteiger partial charge on any atom is 0.308 e. The molecule has 0 saturated heterocycles. The van der Waals surface area contributed by atoms with Crippen LogP contribution in [0.5, 0.6) is 0 Å². The normalized spacial score (nSPS) is 38.4. The third kappa shape index (κ3) is 5.33.